The number of benzene rings is 1. The highest BCUT2D eigenvalue weighted by Crippen LogP contribution is 2.14. The van der Waals surface area contributed by atoms with Crippen LogP contribution in [-0.4, -0.2) is 31.9 Å². The van der Waals surface area contributed by atoms with E-state index in [4.69, 9.17) is 4.74 Å². The maximum atomic E-state index is 12.7. The third-order valence-corrected chi connectivity index (χ3v) is 3.65. The van der Waals surface area contributed by atoms with Crippen LogP contribution in [-0.2, 0) is 11.3 Å². The molecule has 0 aliphatic heterocycles. The van der Waals surface area contributed by atoms with E-state index >= 15 is 0 Å². The molecule has 0 atom stereocenters. The van der Waals surface area contributed by atoms with Crippen LogP contribution in [0.2, 0.25) is 0 Å². The Labute approximate surface area is 128 Å². The monoisotopic (exact) mass is 300 g/mol. The van der Waals surface area contributed by atoms with Crippen molar-refractivity contribution in [3.8, 4) is 0 Å². The van der Waals surface area contributed by atoms with E-state index in [1.54, 1.807) is 4.57 Å². The van der Waals surface area contributed by atoms with Crippen LogP contribution in [0.3, 0.4) is 0 Å². The van der Waals surface area contributed by atoms with Crippen LogP contribution in [0.4, 0.5) is 0 Å². The summed E-state index contributed by atoms with van der Waals surface area (Å²) in [6, 6.07) is 7.56. The topological polar surface area (TPSA) is 61.4 Å². The Bertz CT molecular complexity index is 864. The summed E-state index contributed by atoms with van der Waals surface area (Å²) in [4.78, 5) is 12.7. The van der Waals surface area contributed by atoms with Gasteiger partial charge in [0.15, 0.2) is 0 Å². The van der Waals surface area contributed by atoms with Gasteiger partial charge in [0.05, 0.1) is 17.0 Å². The average Bonchev–Trinajstić information content (AvgIpc) is 2.88. The molecule has 0 unspecified atom stereocenters. The first-order chi connectivity index (χ1) is 10.6. The van der Waals surface area contributed by atoms with E-state index < -0.39 is 0 Å². The SMILES string of the molecule is Cc1nnc2n(CCCOC(C)C)c(=O)c3ccccc3n12. The van der Waals surface area contributed by atoms with Crippen LogP contribution in [0, 0.1) is 6.92 Å². The van der Waals surface area contributed by atoms with Crippen molar-refractivity contribution in [2.45, 2.75) is 39.8 Å². The molecule has 0 spiro atoms. The summed E-state index contributed by atoms with van der Waals surface area (Å²) in [5.41, 5.74) is 0.819. The third-order valence-electron chi connectivity index (χ3n) is 3.65. The van der Waals surface area contributed by atoms with Crippen molar-refractivity contribution in [2.75, 3.05) is 6.61 Å². The van der Waals surface area contributed by atoms with E-state index in [9.17, 15) is 4.79 Å². The Balaban J connectivity index is 2.08. The molecule has 6 nitrogen and oxygen atoms in total. The van der Waals surface area contributed by atoms with Crippen molar-refractivity contribution < 1.29 is 4.74 Å². The lowest BCUT2D eigenvalue weighted by Crippen LogP contribution is -2.24. The Kier molecular flexibility index (Phi) is 3.94. The maximum absolute atomic E-state index is 12.7. The molecule has 3 rings (SSSR count). The Morgan fingerprint density at radius 2 is 2.00 bits per heavy atom. The van der Waals surface area contributed by atoms with Crippen LogP contribution in [0.1, 0.15) is 26.1 Å². The number of rotatable bonds is 5. The molecule has 2 heterocycles. The lowest BCUT2D eigenvalue weighted by atomic mass is 10.2. The van der Waals surface area contributed by atoms with Crippen molar-refractivity contribution in [3.63, 3.8) is 0 Å². The molecule has 0 bridgehead atoms. The van der Waals surface area contributed by atoms with Gasteiger partial charge < -0.3 is 4.74 Å². The van der Waals surface area contributed by atoms with Crippen LogP contribution in [0.15, 0.2) is 29.1 Å². The second-order valence-corrected chi connectivity index (χ2v) is 5.63. The summed E-state index contributed by atoms with van der Waals surface area (Å²) in [6.45, 7) is 7.09. The van der Waals surface area contributed by atoms with Crippen molar-refractivity contribution in [2.24, 2.45) is 0 Å². The fourth-order valence-corrected chi connectivity index (χ4v) is 2.64. The minimum absolute atomic E-state index is 0.0277. The van der Waals surface area contributed by atoms with E-state index in [1.165, 1.54) is 0 Å². The predicted molar refractivity (Wildman–Crippen MR) is 85.2 cm³/mol. The van der Waals surface area contributed by atoms with Crippen LogP contribution in [0.25, 0.3) is 16.7 Å². The van der Waals surface area contributed by atoms with Gasteiger partial charge in [0.25, 0.3) is 5.56 Å². The molecular weight excluding hydrogens is 280 g/mol. The van der Waals surface area contributed by atoms with E-state index in [0.717, 1.165) is 17.8 Å². The minimum Gasteiger partial charge on any atom is -0.379 e. The van der Waals surface area contributed by atoms with Crippen molar-refractivity contribution >= 4 is 16.7 Å². The Morgan fingerprint density at radius 1 is 1.23 bits per heavy atom. The second kappa shape index (κ2) is 5.88. The molecule has 1 aromatic carbocycles. The molecule has 0 aliphatic carbocycles. The summed E-state index contributed by atoms with van der Waals surface area (Å²) >= 11 is 0. The largest absolute Gasteiger partial charge is 0.379 e. The smallest absolute Gasteiger partial charge is 0.262 e. The normalized spacial score (nSPS) is 11.8. The first kappa shape index (κ1) is 14.7. The fourth-order valence-electron chi connectivity index (χ4n) is 2.64. The van der Waals surface area contributed by atoms with Gasteiger partial charge in [-0.2, -0.15) is 0 Å². The third kappa shape index (κ3) is 2.50. The molecule has 6 heteroatoms. The number of aromatic nitrogens is 4. The van der Waals surface area contributed by atoms with E-state index in [2.05, 4.69) is 10.2 Å². The van der Waals surface area contributed by atoms with Gasteiger partial charge in [-0.25, -0.2) is 0 Å². The molecule has 0 radical (unpaired) electrons. The van der Waals surface area contributed by atoms with Crippen LogP contribution >= 0.6 is 0 Å². The van der Waals surface area contributed by atoms with E-state index in [-0.39, 0.29) is 11.7 Å². The van der Waals surface area contributed by atoms with Gasteiger partial charge in [-0.3, -0.25) is 13.8 Å². The maximum Gasteiger partial charge on any atom is 0.262 e. The molecule has 3 aromatic rings. The van der Waals surface area contributed by atoms with Gasteiger partial charge in [-0.15, -0.1) is 10.2 Å². The predicted octanol–water partition coefficient (Wildman–Crippen LogP) is 2.17. The van der Waals surface area contributed by atoms with E-state index in [0.29, 0.717) is 24.3 Å². The van der Waals surface area contributed by atoms with Gasteiger partial charge in [0.1, 0.15) is 5.82 Å². The van der Waals surface area contributed by atoms with Crippen molar-refractivity contribution in [3.05, 3.63) is 40.4 Å². The molecular formula is C16H20N4O2. The number of fused-ring (bicyclic) bond motifs is 3. The summed E-state index contributed by atoms with van der Waals surface area (Å²) in [7, 11) is 0. The molecule has 0 amide bonds. The zero-order valence-electron chi connectivity index (χ0n) is 13.1. The van der Waals surface area contributed by atoms with Crippen molar-refractivity contribution in [1.82, 2.24) is 19.2 Å². The lowest BCUT2D eigenvalue weighted by Gasteiger charge is -2.11. The number of para-hydroxylation sites is 1. The summed E-state index contributed by atoms with van der Waals surface area (Å²) < 4.78 is 9.17. The number of hydrogen-bond acceptors (Lipinski definition) is 4. The highest BCUT2D eigenvalue weighted by atomic mass is 16.5. The molecule has 0 aliphatic rings. The molecule has 2 aromatic heterocycles. The van der Waals surface area contributed by atoms with E-state index in [1.807, 2.05) is 49.4 Å². The zero-order chi connectivity index (χ0) is 15.7. The lowest BCUT2D eigenvalue weighted by molar-refractivity contribution is 0.0748. The Hall–Kier alpha value is -2.21. The number of nitrogens with zero attached hydrogens (tertiary/aromatic N) is 4. The second-order valence-electron chi connectivity index (χ2n) is 5.63. The zero-order valence-corrected chi connectivity index (χ0v) is 13.1. The van der Waals surface area contributed by atoms with Gasteiger partial charge in [0, 0.05) is 13.2 Å². The Morgan fingerprint density at radius 3 is 2.77 bits per heavy atom. The molecule has 22 heavy (non-hydrogen) atoms. The minimum atomic E-state index is -0.0277. The van der Waals surface area contributed by atoms with Crippen LogP contribution < -0.4 is 5.56 Å². The molecule has 116 valence electrons. The summed E-state index contributed by atoms with van der Waals surface area (Å²) in [5, 5.41) is 8.99. The molecule has 0 N–H and O–H groups in total. The highest BCUT2D eigenvalue weighted by molar-refractivity contribution is 5.80. The quantitative estimate of drug-likeness (QED) is 0.678. The summed E-state index contributed by atoms with van der Waals surface area (Å²) in [6.07, 6.45) is 0.960. The first-order valence-corrected chi connectivity index (χ1v) is 7.54. The molecule has 0 saturated heterocycles. The highest BCUT2D eigenvalue weighted by Gasteiger charge is 2.13. The molecule has 0 saturated carbocycles. The van der Waals surface area contributed by atoms with Crippen molar-refractivity contribution in [1.29, 1.82) is 0 Å². The van der Waals surface area contributed by atoms with Gasteiger partial charge in [-0.05, 0) is 39.3 Å². The fraction of sp³-hybridized carbons (Fsp3) is 0.438. The van der Waals surface area contributed by atoms with Gasteiger partial charge in [0.2, 0.25) is 5.78 Å². The van der Waals surface area contributed by atoms with Crippen LogP contribution in [0.5, 0.6) is 0 Å². The number of hydrogen-bond donors (Lipinski definition) is 0. The number of aryl methyl sites for hydroxylation is 2. The van der Waals surface area contributed by atoms with Gasteiger partial charge >= 0.3 is 0 Å². The first-order valence-electron chi connectivity index (χ1n) is 7.54. The van der Waals surface area contributed by atoms with Gasteiger partial charge in [-0.1, -0.05) is 12.1 Å². The molecule has 0 fully saturated rings. The standard InChI is InChI=1S/C16H20N4O2/c1-11(2)22-10-6-9-19-15(21)13-7-4-5-8-14(13)20-12(3)17-18-16(19)20/h4-5,7-8,11H,6,9-10H2,1-3H3. The average molecular weight is 300 g/mol. The number of ether oxygens (including phenoxy) is 1. The summed E-state index contributed by atoms with van der Waals surface area (Å²) in [5.74, 6) is 1.36.